The third-order valence-electron chi connectivity index (χ3n) is 3.37. The molecule has 0 aliphatic heterocycles. The first-order valence-corrected chi connectivity index (χ1v) is 9.23. The summed E-state index contributed by atoms with van der Waals surface area (Å²) in [5.74, 6) is -0.408. The normalized spacial score (nSPS) is 12.3. The number of halogens is 2. The van der Waals surface area contributed by atoms with Crippen LogP contribution < -0.4 is 5.32 Å². The van der Waals surface area contributed by atoms with E-state index in [9.17, 15) is 15.2 Å². The van der Waals surface area contributed by atoms with Crippen molar-refractivity contribution in [2.45, 2.75) is 13.0 Å². The average Bonchev–Trinajstić information content (AvgIpc) is 2.57. The number of aromatic hydroxyl groups is 1. The number of amides is 1. The molecule has 2 N–H and O–H groups in total. The number of rotatable bonds is 4. The average molecular weight is 544 g/mol. The number of nitrogens with one attached hydrogen (secondary N) is 1. The van der Waals surface area contributed by atoms with E-state index in [1.54, 1.807) is 6.07 Å². The van der Waals surface area contributed by atoms with Crippen LogP contribution in [0.15, 0.2) is 48.0 Å². The smallest absolute Gasteiger partial charge is 0.262 e. The first-order valence-electron chi connectivity index (χ1n) is 7.08. The molecule has 0 aliphatic carbocycles. The maximum absolute atomic E-state index is 12.4. The topological polar surface area (TPSA) is 73.1 Å². The molecule has 0 aromatic heterocycles. The van der Waals surface area contributed by atoms with E-state index in [2.05, 4.69) is 27.9 Å². The standard InChI is InChI=1S/C18H14I2N2O2/c1-11(12-5-3-2-4-6-12)22-18(24)14(10-21)7-13-8-15(19)9-16(20)17(13)23/h2-9,11,23H,1H3,(H,22,24)/b14-7+/t11-/m1/s1. The Balaban J connectivity index is 2.25. The third kappa shape index (κ3) is 4.70. The molecule has 0 bridgehead atoms. The van der Waals surface area contributed by atoms with E-state index in [1.807, 2.05) is 72.0 Å². The highest BCUT2D eigenvalue weighted by atomic mass is 127. The van der Waals surface area contributed by atoms with Crippen molar-refractivity contribution in [2.24, 2.45) is 0 Å². The van der Waals surface area contributed by atoms with Crippen LogP contribution in [0.2, 0.25) is 0 Å². The molecule has 122 valence electrons. The second-order valence-corrected chi connectivity index (χ2v) is 7.51. The molecule has 0 saturated carbocycles. The number of phenols is 1. The Morgan fingerprint density at radius 3 is 2.58 bits per heavy atom. The Morgan fingerprint density at radius 1 is 1.29 bits per heavy atom. The number of hydrogen-bond donors (Lipinski definition) is 2. The van der Waals surface area contributed by atoms with Gasteiger partial charge in [-0.2, -0.15) is 5.26 Å². The van der Waals surface area contributed by atoms with Crippen LogP contribution in [0.5, 0.6) is 5.75 Å². The molecular formula is C18H14I2N2O2. The molecular weight excluding hydrogens is 530 g/mol. The summed E-state index contributed by atoms with van der Waals surface area (Å²) in [5, 5.41) is 22.2. The summed E-state index contributed by atoms with van der Waals surface area (Å²) in [5.41, 5.74) is 1.35. The lowest BCUT2D eigenvalue weighted by Crippen LogP contribution is -2.27. The monoisotopic (exact) mass is 544 g/mol. The molecule has 2 rings (SSSR count). The summed E-state index contributed by atoms with van der Waals surface area (Å²) < 4.78 is 1.58. The largest absolute Gasteiger partial charge is 0.506 e. The van der Waals surface area contributed by atoms with Gasteiger partial charge in [0.25, 0.3) is 5.91 Å². The van der Waals surface area contributed by atoms with Gasteiger partial charge in [-0.3, -0.25) is 4.79 Å². The molecule has 0 heterocycles. The van der Waals surface area contributed by atoms with Crippen LogP contribution in [0.3, 0.4) is 0 Å². The van der Waals surface area contributed by atoms with E-state index in [1.165, 1.54) is 6.08 Å². The van der Waals surface area contributed by atoms with Gasteiger partial charge in [0.1, 0.15) is 17.4 Å². The Kier molecular flexibility index (Phi) is 6.62. The number of hydrogen-bond acceptors (Lipinski definition) is 3. The summed E-state index contributed by atoms with van der Waals surface area (Å²) in [4.78, 5) is 12.4. The van der Waals surface area contributed by atoms with Gasteiger partial charge in [0, 0.05) is 9.13 Å². The zero-order valence-corrected chi connectivity index (χ0v) is 17.1. The second-order valence-electron chi connectivity index (χ2n) is 5.10. The van der Waals surface area contributed by atoms with Crippen molar-refractivity contribution in [1.82, 2.24) is 5.32 Å². The van der Waals surface area contributed by atoms with Gasteiger partial charge in [-0.25, -0.2) is 0 Å². The highest BCUT2D eigenvalue weighted by Gasteiger charge is 2.15. The fourth-order valence-corrected chi connectivity index (χ4v) is 3.99. The lowest BCUT2D eigenvalue weighted by Gasteiger charge is -2.14. The van der Waals surface area contributed by atoms with Gasteiger partial charge in [-0.15, -0.1) is 0 Å². The molecule has 1 atom stereocenters. The van der Waals surface area contributed by atoms with Gasteiger partial charge in [0.15, 0.2) is 0 Å². The Morgan fingerprint density at radius 2 is 1.96 bits per heavy atom. The summed E-state index contributed by atoms with van der Waals surface area (Å²) in [6.07, 6.45) is 1.41. The molecule has 0 spiro atoms. The van der Waals surface area contributed by atoms with Crippen molar-refractivity contribution < 1.29 is 9.90 Å². The summed E-state index contributed by atoms with van der Waals surface area (Å²) in [7, 11) is 0. The van der Waals surface area contributed by atoms with Gasteiger partial charge in [0.2, 0.25) is 0 Å². The third-order valence-corrected chi connectivity index (χ3v) is 4.81. The van der Waals surface area contributed by atoms with Crippen molar-refractivity contribution in [1.29, 1.82) is 5.26 Å². The fraction of sp³-hybridized carbons (Fsp3) is 0.111. The molecule has 0 saturated heterocycles. The van der Waals surface area contributed by atoms with Crippen LogP contribution in [0.25, 0.3) is 6.08 Å². The predicted octanol–water partition coefficient (Wildman–Crippen LogP) is 4.39. The zero-order chi connectivity index (χ0) is 17.7. The molecule has 0 radical (unpaired) electrons. The molecule has 2 aromatic carbocycles. The summed E-state index contributed by atoms with van der Waals surface area (Å²) >= 11 is 4.13. The van der Waals surface area contributed by atoms with Gasteiger partial charge >= 0.3 is 0 Å². The van der Waals surface area contributed by atoms with E-state index < -0.39 is 5.91 Å². The number of phenolic OH excluding ortho intramolecular Hbond substituents is 1. The summed E-state index contributed by atoms with van der Waals surface area (Å²) in [6, 6.07) is 14.7. The highest BCUT2D eigenvalue weighted by molar-refractivity contribution is 14.1. The lowest BCUT2D eigenvalue weighted by molar-refractivity contribution is -0.117. The van der Waals surface area contributed by atoms with E-state index in [-0.39, 0.29) is 17.4 Å². The van der Waals surface area contributed by atoms with E-state index in [4.69, 9.17) is 0 Å². The Hall–Kier alpha value is -1.60. The maximum atomic E-state index is 12.4. The van der Waals surface area contributed by atoms with Gasteiger partial charge < -0.3 is 10.4 Å². The van der Waals surface area contributed by atoms with E-state index in [0.717, 1.165) is 9.13 Å². The van der Waals surface area contributed by atoms with Gasteiger partial charge in [0.05, 0.1) is 9.61 Å². The molecule has 0 fully saturated rings. The number of nitrogens with zero attached hydrogens (tertiary/aromatic N) is 1. The van der Waals surface area contributed by atoms with E-state index in [0.29, 0.717) is 9.13 Å². The number of carbonyl (C=O) groups excluding carboxylic acids is 1. The first-order chi connectivity index (χ1) is 11.4. The molecule has 1 amide bonds. The number of carbonyl (C=O) groups is 1. The molecule has 0 unspecified atom stereocenters. The lowest BCUT2D eigenvalue weighted by atomic mass is 10.1. The summed E-state index contributed by atoms with van der Waals surface area (Å²) in [6.45, 7) is 1.86. The molecule has 0 aliphatic rings. The molecule has 24 heavy (non-hydrogen) atoms. The SMILES string of the molecule is C[C@@H](NC(=O)/C(C#N)=C/c1cc(I)cc(I)c1O)c1ccccc1. The molecule has 4 nitrogen and oxygen atoms in total. The molecule has 6 heteroatoms. The van der Waals surface area contributed by atoms with Gasteiger partial charge in [-0.1, -0.05) is 30.3 Å². The van der Waals surface area contributed by atoms with Crippen LogP contribution in [-0.2, 0) is 4.79 Å². The van der Waals surface area contributed by atoms with Crippen molar-refractivity contribution in [3.05, 3.63) is 66.3 Å². The predicted molar refractivity (Wildman–Crippen MR) is 110 cm³/mol. The second kappa shape index (κ2) is 8.48. The van der Waals surface area contributed by atoms with Crippen molar-refractivity contribution in [2.75, 3.05) is 0 Å². The van der Waals surface area contributed by atoms with Crippen LogP contribution in [-0.4, -0.2) is 11.0 Å². The van der Waals surface area contributed by atoms with Crippen LogP contribution >= 0.6 is 45.2 Å². The van der Waals surface area contributed by atoms with Gasteiger partial charge in [-0.05, 0) is 75.9 Å². The van der Waals surface area contributed by atoms with E-state index >= 15 is 0 Å². The Bertz CT molecular complexity index is 827. The minimum absolute atomic E-state index is 0.0501. The first kappa shape index (κ1) is 18.7. The minimum atomic E-state index is -0.470. The van der Waals surface area contributed by atoms with Crippen molar-refractivity contribution >= 4 is 57.2 Å². The van der Waals surface area contributed by atoms with Crippen LogP contribution in [0.4, 0.5) is 0 Å². The number of benzene rings is 2. The molecule has 2 aromatic rings. The minimum Gasteiger partial charge on any atom is -0.506 e. The quantitative estimate of drug-likeness (QED) is 0.341. The maximum Gasteiger partial charge on any atom is 0.262 e. The van der Waals surface area contributed by atoms with Crippen LogP contribution in [0.1, 0.15) is 24.1 Å². The Labute approximate surface area is 167 Å². The number of nitriles is 1. The fourth-order valence-electron chi connectivity index (χ4n) is 2.10. The zero-order valence-electron chi connectivity index (χ0n) is 12.8. The van der Waals surface area contributed by atoms with Crippen LogP contribution in [0, 0.1) is 18.5 Å². The highest BCUT2D eigenvalue weighted by Crippen LogP contribution is 2.28. The van der Waals surface area contributed by atoms with Crippen molar-refractivity contribution in [3.8, 4) is 11.8 Å². The van der Waals surface area contributed by atoms with Crippen molar-refractivity contribution in [3.63, 3.8) is 0 Å².